The van der Waals surface area contributed by atoms with Gasteiger partial charge in [0.25, 0.3) is 0 Å². The molecule has 0 bridgehead atoms. The van der Waals surface area contributed by atoms with Gasteiger partial charge >= 0.3 is 5.91 Å². The molecule has 0 saturated carbocycles. The van der Waals surface area contributed by atoms with Crippen LogP contribution in [0.1, 0.15) is 9.67 Å². The molecule has 0 unspecified atom stereocenters. The smallest absolute Gasteiger partial charge is 0.345 e. The Kier molecular flexibility index (Phi) is 4.10. The monoisotopic (exact) mass is 305 g/mol. The third-order valence-corrected chi connectivity index (χ3v) is 3.92. The number of halogens is 1. The predicted molar refractivity (Wildman–Crippen MR) is 65.0 cm³/mol. The standard InChI is InChI=1S/C10H12BrNO3S/c1-12(5-9-14-2-3-15-9)10(13)8-4-7(11)6-16-8/h4,6,9H,2-3,5H2,1H3/q+1. The zero-order valence-electron chi connectivity index (χ0n) is 8.81. The van der Waals surface area contributed by atoms with Crippen LogP contribution in [0.25, 0.3) is 0 Å². The van der Waals surface area contributed by atoms with Gasteiger partial charge < -0.3 is 9.47 Å². The lowest BCUT2D eigenvalue weighted by Gasteiger charge is -2.08. The fraction of sp³-hybridized carbons (Fsp3) is 0.500. The van der Waals surface area contributed by atoms with Crippen molar-refractivity contribution < 1.29 is 14.3 Å². The van der Waals surface area contributed by atoms with Crippen molar-refractivity contribution in [3.05, 3.63) is 20.8 Å². The molecule has 4 nitrogen and oxygen atoms in total. The normalized spacial score (nSPS) is 17.2. The summed E-state index contributed by atoms with van der Waals surface area (Å²) >= 11 is 4.75. The fourth-order valence-electron chi connectivity index (χ4n) is 1.43. The summed E-state index contributed by atoms with van der Waals surface area (Å²) in [5.41, 5.74) is 0. The first-order valence-electron chi connectivity index (χ1n) is 4.89. The van der Waals surface area contributed by atoms with Crippen LogP contribution < -0.4 is 4.90 Å². The van der Waals surface area contributed by atoms with Gasteiger partial charge in [0.15, 0.2) is 6.54 Å². The highest BCUT2D eigenvalue weighted by Crippen LogP contribution is 2.20. The highest BCUT2D eigenvalue weighted by Gasteiger charge is 2.30. The quantitative estimate of drug-likeness (QED) is 0.800. The molecule has 1 fully saturated rings. The van der Waals surface area contributed by atoms with E-state index in [1.54, 1.807) is 11.9 Å². The number of carbonyl (C=O) groups is 1. The number of amides is 1. The first-order valence-corrected chi connectivity index (χ1v) is 6.57. The van der Waals surface area contributed by atoms with E-state index in [0.29, 0.717) is 24.6 Å². The maximum absolute atomic E-state index is 12.0. The van der Waals surface area contributed by atoms with Crippen LogP contribution in [0.15, 0.2) is 15.9 Å². The second-order valence-electron chi connectivity index (χ2n) is 3.49. The molecule has 1 amide bonds. The fourth-order valence-corrected chi connectivity index (χ4v) is 2.85. The number of thiophene rings is 1. The molecule has 0 N–H and O–H groups in total. The Hall–Kier alpha value is -0.270. The van der Waals surface area contributed by atoms with Crippen LogP contribution in [-0.2, 0) is 9.47 Å². The number of nitrogens with zero attached hydrogens (tertiary/aromatic N) is 1. The van der Waals surface area contributed by atoms with Crippen molar-refractivity contribution in [3.8, 4) is 0 Å². The number of rotatable bonds is 3. The summed E-state index contributed by atoms with van der Waals surface area (Å²) in [5.74, 6) is -0.00481. The highest BCUT2D eigenvalue weighted by molar-refractivity contribution is 9.10. The lowest BCUT2D eigenvalue weighted by Crippen LogP contribution is -2.39. The first-order chi connectivity index (χ1) is 7.66. The zero-order valence-corrected chi connectivity index (χ0v) is 11.2. The topological polar surface area (TPSA) is 41.4 Å². The lowest BCUT2D eigenvalue weighted by atomic mass is 10.4. The third kappa shape index (κ3) is 2.89. The van der Waals surface area contributed by atoms with Crippen LogP contribution in [-0.4, -0.2) is 39.0 Å². The van der Waals surface area contributed by atoms with Gasteiger partial charge in [-0.2, -0.15) is 0 Å². The van der Waals surface area contributed by atoms with Crippen molar-refractivity contribution >= 4 is 33.2 Å². The van der Waals surface area contributed by atoms with Gasteiger partial charge in [-0.3, -0.25) is 0 Å². The summed E-state index contributed by atoms with van der Waals surface area (Å²) in [6.45, 7) is 1.68. The van der Waals surface area contributed by atoms with Crippen LogP contribution in [0.5, 0.6) is 0 Å². The molecule has 0 aliphatic carbocycles. The molecule has 2 rings (SSSR count). The van der Waals surface area contributed by atoms with E-state index in [1.807, 2.05) is 11.4 Å². The van der Waals surface area contributed by atoms with E-state index in [2.05, 4.69) is 15.9 Å². The SMILES string of the molecule is C[N+](CC1OCCO1)C(=O)c1cc(Br)cs1. The summed E-state index contributed by atoms with van der Waals surface area (Å²) in [4.78, 5) is 14.3. The summed E-state index contributed by atoms with van der Waals surface area (Å²) in [6, 6.07) is 1.82. The molecule has 16 heavy (non-hydrogen) atoms. The zero-order chi connectivity index (χ0) is 11.5. The predicted octanol–water partition coefficient (Wildman–Crippen LogP) is 1.79. The number of hydrogen-bond acceptors (Lipinski definition) is 4. The molecule has 1 aliphatic heterocycles. The molecule has 0 aromatic carbocycles. The molecule has 0 atom stereocenters. The highest BCUT2D eigenvalue weighted by atomic mass is 79.9. The average Bonchev–Trinajstić information content (AvgIpc) is 2.88. The maximum Gasteiger partial charge on any atom is 0.403 e. The van der Waals surface area contributed by atoms with Crippen LogP contribution in [0.2, 0.25) is 0 Å². The summed E-state index contributed by atoms with van der Waals surface area (Å²) in [5, 5.41) is 1.89. The van der Waals surface area contributed by atoms with Crippen LogP contribution in [0.4, 0.5) is 0 Å². The Bertz CT molecular complexity index is 376. The van der Waals surface area contributed by atoms with E-state index in [1.165, 1.54) is 11.3 Å². The van der Waals surface area contributed by atoms with E-state index >= 15 is 0 Å². The van der Waals surface area contributed by atoms with Gasteiger partial charge in [-0.1, -0.05) is 4.90 Å². The van der Waals surface area contributed by atoms with E-state index in [9.17, 15) is 4.79 Å². The molecule has 6 heteroatoms. The Labute approximate surface area is 106 Å². The molecule has 1 aromatic heterocycles. The Balaban J connectivity index is 1.93. The lowest BCUT2D eigenvalue weighted by molar-refractivity contribution is -0.0450. The van der Waals surface area contributed by atoms with Gasteiger partial charge in [-0.15, -0.1) is 11.3 Å². The summed E-state index contributed by atoms with van der Waals surface area (Å²) in [7, 11) is 1.75. The molecular formula is C10H12BrNO3S+. The Morgan fingerprint density at radius 3 is 2.88 bits per heavy atom. The van der Waals surface area contributed by atoms with E-state index in [0.717, 1.165) is 4.47 Å². The number of hydrogen-bond donors (Lipinski definition) is 0. The molecule has 1 aliphatic rings. The van der Waals surface area contributed by atoms with Gasteiger partial charge in [-0.05, 0) is 22.0 Å². The number of ether oxygens (including phenoxy) is 2. The molecular weight excluding hydrogens is 294 g/mol. The maximum atomic E-state index is 12.0. The minimum atomic E-state index is -0.280. The Morgan fingerprint density at radius 1 is 1.62 bits per heavy atom. The van der Waals surface area contributed by atoms with Gasteiger partial charge in [-0.25, -0.2) is 4.79 Å². The van der Waals surface area contributed by atoms with Crippen LogP contribution in [0.3, 0.4) is 0 Å². The van der Waals surface area contributed by atoms with Gasteiger partial charge in [0.2, 0.25) is 6.29 Å². The minimum Gasteiger partial charge on any atom is -0.345 e. The number of likely N-dealkylation sites (N-methyl/N-ethyl adjacent to an activating group) is 1. The van der Waals surface area contributed by atoms with Crippen LogP contribution in [0, 0.1) is 0 Å². The van der Waals surface area contributed by atoms with Gasteiger partial charge in [0.1, 0.15) is 11.9 Å². The molecule has 1 radical (unpaired) electrons. The van der Waals surface area contributed by atoms with Crippen molar-refractivity contribution in [1.82, 2.24) is 4.90 Å². The summed E-state index contributed by atoms with van der Waals surface area (Å²) < 4.78 is 11.5. The molecule has 0 spiro atoms. The summed E-state index contributed by atoms with van der Waals surface area (Å²) in [6.07, 6.45) is -0.280. The Morgan fingerprint density at radius 2 is 2.31 bits per heavy atom. The van der Waals surface area contributed by atoms with Crippen molar-refractivity contribution in [2.45, 2.75) is 6.29 Å². The van der Waals surface area contributed by atoms with Gasteiger partial charge in [0, 0.05) is 9.85 Å². The molecule has 1 aromatic rings. The molecule has 1 saturated heterocycles. The second kappa shape index (κ2) is 5.37. The van der Waals surface area contributed by atoms with Gasteiger partial charge in [0.05, 0.1) is 13.2 Å². The van der Waals surface area contributed by atoms with E-state index in [-0.39, 0.29) is 12.2 Å². The largest absolute Gasteiger partial charge is 0.403 e. The molecule has 2 heterocycles. The second-order valence-corrected chi connectivity index (χ2v) is 5.31. The van der Waals surface area contributed by atoms with Crippen molar-refractivity contribution in [3.63, 3.8) is 0 Å². The number of carbonyl (C=O) groups excluding carboxylic acids is 1. The molecule has 87 valence electrons. The first kappa shape index (κ1) is 12.2. The third-order valence-electron chi connectivity index (χ3n) is 2.24. The minimum absolute atomic E-state index is 0.00481. The van der Waals surface area contributed by atoms with Crippen molar-refractivity contribution in [1.29, 1.82) is 0 Å². The van der Waals surface area contributed by atoms with Crippen LogP contribution >= 0.6 is 27.3 Å². The van der Waals surface area contributed by atoms with Crippen molar-refractivity contribution in [2.24, 2.45) is 0 Å². The van der Waals surface area contributed by atoms with Crippen molar-refractivity contribution in [2.75, 3.05) is 26.8 Å². The van der Waals surface area contributed by atoms with E-state index < -0.39 is 0 Å². The van der Waals surface area contributed by atoms with E-state index in [4.69, 9.17) is 9.47 Å². The average molecular weight is 306 g/mol.